The molecule has 1 saturated heterocycles. The normalized spacial score (nSPS) is 19.4. The van der Waals surface area contributed by atoms with E-state index >= 15 is 0 Å². The van der Waals surface area contributed by atoms with E-state index < -0.39 is 17.1 Å². The number of carbonyl (C=O) groups is 2. The van der Waals surface area contributed by atoms with Crippen LogP contribution in [0.25, 0.3) is 0 Å². The van der Waals surface area contributed by atoms with Crippen molar-refractivity contribution in [3.8, 4) is 0 Å². The van der Waals surface area contributed by atoms with Crippen molar-refractivity contribution < 1.29 is 18.7 Å². The molecular formula is C16H20FN3O3. The minimum Gasteiger partial charge on any atom is -0.453 e. The van der Waals surface area contributed by atoms with E-state index in [4.69, 9.17) is 10.5 Å². The van der Waals surface area contributed by atoms with Crippen molar-refractivity contribution in [1.82, 2.24) is 4.90 Å². The van der Waals surface area contributed by atoms with E-state index in [0.29, 0.717) is 44.6 Å². The van der Waals surface area contributed by atoms with Gasteiger partial charge in [0.05, 0.1) is 12.5 Å². The third-order valence-electron chi connectivity index (χ3n) is 4.77. The molecule has 1 heterocycles. The molecule has 1 aromatic rings. The molecule has 0 atom stereocenters. The van der Waals surface area contributed by atoms with Gasteiger partial charge in [-0.25, -0.2) is 9.18 Å². The lowest BCUT2D eigenvalue weighted by Gasteiger charge is -2.35. The van der Waals surface area contributed by atoms with Gasteiger partial charge in [0.15, 0.2) is 0 Å². The van der Waals surface area contributed by atoms with Crippen LogP contribution in [0, 0.1) is 5.82 Å². The second kappa shape index (κ2) is 5.72. The smallest absolute Gasteiger partial charge is 0.409 e. The zero-order valence-corrected chi connectivity index (χ0v) is 13.0. The Bertz CT molecular complexity index is 637. The van der Waals surface area contributed by atoms with Crippen LogP contribution >= 0.6 is 0 Å². The summed E-state index contributed by atoms with van der Waals surface area (Å²) in [7, 11) is 1.36. The monoisotopic (exact) mass is 321 g/mol. The van der Waals surface area contributed by atoms with Crippen LogP contribution in [0.3, 0.4) is 0 Å². The molecule has 0 spiro atoms. The zero-order chi connectivity index (χ0) is 16.6. The first-order chi connectivity index (χ1) is 11.0. The number of nitrogens with two attached hydrogens (primary N) is 1. The first-order valence-electron chi connectivity index (χ1n) is 7.66. The highest BCUT2D eigenvalue weighted by Gasteiger charge is 2.51. The van der Waals surface area contributed by atoms with Gasteiger partial charge in [0.25, 0.3) is 0 Å². The summed E-state index contributed by atoms with van der Waals surface area (Å²) in [5.74, 6) is -0.856. The van der Waals surface area contributed by atoms with Crippen LogP contribution in [0.15, 0.2) is 18.2 Å². The van der Waals surface area contributed by atoms with Gasteiger partial charge in [0, 0.05) is 37.4 Å². The highest BCUT2D eigenvalue weighted by molar-refractivity contribution is 5.90. The fourth-order valence-corrected chi connectivity index (χ4v) is 3.14. The molecule has 6 nitrogen and oxygen atoms in total. The molecule has 0 radical (unpaired) electrons. The number of hydrogen-bond donors (Lipinski definition) is 1. The van der Waals surface area contributed by atoms with E-state index in [1.54, 1.807) is 11.0 Å². The molecule has 1 aliphatic carbocycles. The standard InChI is InChI=1S/C16H20FN3O3/c1-23-15(22)20-8-6-19(7-9-20)11-2-3-12(13(17)10-11)16(4-5-16)14(18)21/h2-3,10H,4-9H2,1H3,(H2,18,21). The number of amides is 2. The van der Waals surface area contributed by atoms with E-state index in [2.05, 4.69) is 0 Å². The SMILES string of the molecule is COC(=O)N1CCN(c2ccc(C3(C(N)=O)CC3)c(F)c2)CC1. The lowest BCUT2D eigenvalue weighted by atomic mass is 9.94. The van der Waals surface area contributed by atoms with Gasteiger partial charge in [-0.05, 0) is 25.0 Å². The molecule has 1 aliphatic heterocycles. The Morgan fingerprint density at radius 2 is 1.87 bits per heavy atom. The average Bonchev–Trinajstić information content (AvgIpc) is 3.36. The van der Waals surface area contributed by atoms with Crippen LogP contribution in [0.5, 0.6) is 0 Å². The van der Waals surface area contributed by atoms with Crippen molar-refractivity contribution >= 4 is 17.7 Å². The number of ether oxygens (including phenoxy) is 1. The second-order valence-electron chi connectivity index (χ2n) is 6.05. The van der Waals surface area contributed by atoms with Crippen molar-refractivity contribution in [2.24, 2.45) is 5.73 Å². The van der Waals surface area contributed by atoms with Gasteiger partial charge in [-0.1, -0.05) is 6.07 Å². The molecule has 124 valence electrons. The van der Waals surface area contributed by atoms with Crippen LogP contribution in [0.1, 0.15) is 18.4 Å². The van der Waals surface area contributed by atoms with E-state index in [0.717, 1.165) is 5.69 Å². The maximum absolute atomic E-state index is 14.4. The molecule has 1 aromatic carbocycles. The fourth-order valence-electron chi connectivity index (χ4n) is 3.14. The van der Waals surface area contributed by atoms with Gasteiger partial charge in [-0.3, -0.25) is 4.79 Å². The minimum atomic E-state index is -0.813. The fraction of sp³-hybridized carbons (Fsp3) is 0.500. The molecule has 7 heteroatoms. The summed E-state index contributed by atoms with van der Waals surface area (Å²) >= 11 is 0. The topological polar surface area (TPSA) is 75.9 Å². The number of methoxy groups -OCH3 is 1. The van der Waals surface area contributed by atoms with Crippen molar-refractivity contribution in [1.29, 1.82) is 0 Å². The number of benzene rings is 1. The van der Waals surface area contributed by atoms with Gasteiger partial charge >= 0.3 is 6.09 Å². The summed E-state index contributed by atoms with van der Waals surface area (Å²) in [5.41, 5.74) is 5.73. The van der Waals surface area contributed by atoms with E-state index in [-0.39, 0.29) is 6.09 Å². The molecule has 1 saturated carbocycles. The van der Waals surface area contributed by atoms with Crippen molar-refractivity contribution in [2.75, 3.05) is 38.2 Å². The molecule has 3 rings (SSSR count). The predicted molar refractivity (Wildman–Crippen MR) is 82.7 cm³/mol. The largest absolute Gasteiger partial charge is 0.453 e. The van der Waals surface area contributed by atoms with E-state index in [9.17, 15) is 14.0 Å². The highest BCUT2D eigenvalue weighted by Crippen LogP contribution is 2.49. The molecule has 2 fully saturated rings. The van der Waals surface area contributed by atoms with Gasteiger partial charge in [0.2, 0.25) is 5.91 Å². The van der Waals surface area contributed by atoms with Crippen LogP contribution in [0.2, 0.25) is 0 Å². The van der Waals surface area contributed by atoms with E-state index in [1.165, 1.54) is 13.2 Å². The van der Waals surface area contributed by atoms with Crippen LogP contribution < -0.4 is 10.6 Å². The van der Waals surface area contributed by atoms with Gasteiger partial charge in [0.1, 0.15) is 5.82 Å². The summed E-state index contributed by atoms with van der Waals surface area (Å²) in [6.45, 7) is 2.27. The number of hydrogen-bond acceptors (Lipinski definition) is 4. The number of primary amides is 1. The maximum atomic E-state index is 14.4. The molecule has 0 aromatic heterocycles. The number of piperazine rings is 1. The molecule has 0 bridgehead atoms. The van der Waals surface area contributed by atoms with E-state index in [1.807, 2.05) is 11.0 Å². The number of carbonyl (C=O) groups excluding carboxylic acids is 2. The Morgan fingerprint density at radius 1 is 1.22 bits per heavy atom. The molecule has 0 unspecified atom stereocenters. The van der Waals surface area contributed by atoms with Crippen molar-refractivity contribution in [2.45, 2.75) is 18.3 Å². The number of rotatable bonds is 3. The Morgan fingerprint density at radius 3 is 2.35 bits per heavy atom. The van der Waals surface area contributed by atoms with Gasteiger partial charge in [-0.15, -0.1) is 0 Å². The number of nitrogens with zero attached hydrogens (tertiary/aromatic N) is 2. The zero-order valence-electron chi connectivity index (χ0n) is 13.0. The third kappa shape index (κ3) is 2.71. The van der Waals surface area contributed by atoms with Crippen LogP contribution in [0.4, 0.5) is 14.9 Å². The van der Waals surface area contributed by atoms with Crippen molar-refractivity contribution in [3.05, 3.63) is 29.6 Å². The Kier molecular flexibility index (Phi) is 3.87. The molecule has 23 heavy (non-hydrogen) atoms. The second-order valence-corrected chi connectivity index (χ2v) is 6.05. The van der Waals surface area contributed by atoms with Gasteiger partial charge in [-0.2, -0.15) is 0 Å². The number of halogens is 1. The van der Waals surface area contributed by atoms with Crippen molar-refractivity contribution in [3.63, 3.8) is 0 Å². The minimum absolute atomic E-state index is 0.344. The summed E-state index contributed by atoms with van der Waals surface area (Å²) < 4.78 is 19.1. The summed E-state index contributed by atoms with van der Waals surface area (Å²) in [6.07, 6.45) is 0.871. The maximum Gasteiger partial charge on any atom is 0.409 e. The molecule has 2 amide bonds. The average molecular weight is 321 g/mol. The Balaban J connectivity index is 1.72. The Hall–Kier alpha value is -2.31. The molecule has 2 aliphatic rings. The summed E-state index contributed by atoms with van der Waals surface area (Å²) in [6, 6.07) is 4.93. The Labute approximate surface area is 134 Å². The molecule has 2 N–H and O–H groups in total. The quantitative estimate of drug-likeness (QED) is 0.908. The lowest BCUT2D eigenvalue weighted by molar-refractivity contribution is -0.120. The number of anilines is 1. The summed E-state index contributed by atoms with van der Waals surface area (Å²) in [4.78, 5) is 26.6. The first kappa shape index (κ1) is 15.6. The van der Waals surface area contributed by atoms with Gasteiger partial charge < -0.3 is 20.3 Å². The highest BCUT2D eigenvalue weighted by atomic mass is 19.1. The molecular weight excluding hydrogens is 301 g/mol. The predicted octanol–water partition coefficient (Wildman–Crippen LogP) is 1.23. The summed E-state index contributed by atoms with van der Waals surface area (Å²) in [5, 5.41) is 0. The van der Waals surface area contributed by atoms with Crippen LogP contribution in [-0.4, -0.2) is 50.2 Å². The first-order valence-corrected chi connectivity index (χ1v) is 7.66. The third-order valence-corrected chi connectivity index (χ3v) is 4.77. The lowest BCUT2D eigenvalue weighted by Crippen LogP contribution is -2.48. The van der Waals surface area contributed by atoms with Crippen LogP contribution in [-0.2, 0) is 14.9 Å².